The first-order chi connectivity index (χ1) is 10.7. The van der Waals surface area contributed by atoms with Crippen molar-refractivity contribution in [1.29, 1.82) is 0 Å². The van der Waals surface area contributed by atoms with Gasteiger partial charge in [-0.25, -0.2) is 12.8 Å². The summed E-state index contributed by atoms with van der Waals surface area (Å²) >= 11 is 6.00. The molecule has 4 nitrogen and oxygen atoms in total. The summed E-state index contributed by atoms with van der Waals surface area (Å²) in [6.45, 7) is 11.0. The van der Waals surface area contributed by atoms with Crippen molar-refractivity contribution in [3.8, 4) is 0 Å². The highest BCUT2D eigenvalue weighted by atomic mass is 35.5. The van der Waals surface area contributed by atoms with E-state index in [0.717, 1.165) is 25.2 Å². The van der Waals surface area contributed by atoms with Crippen molar-refractivity contribution in [2.45, 2.75) is 32.6 Å². The van der Waals surface area contributed by atoms with Gasteiger partial charge in [0.2, 0.25) is 10.0 Å². The molecule has 0 heterocycles. The van der Waals surface area contributed by atoms with E-state index in [0.29, 0.717) is 19.6 Å². The maximum Gasteiger partial charge on any atom is 0.244 e. The fourth-order valence-corrected chi connectivity index (χ4v) is 4.40. The van der Waals surface area contributed by atoms with E-state index < -0.39 is 15.8 Å². The van der Waals surface area contributed by atoms with Crippen molar-refractivity contribution >= 4 is 21.6 Å². The Morgan fingerprint density at radius 2 is 1.78 bits per heavy atom. The molecular formula is C16H26ClFN2O2S. The van der Waals surface area contributed by atoms with E-state index in [9.17, 15) is 12.8 Å². The zero-order valence-corrected chi connectivity index (χ0v) is 15.8. The first kappa shape index (κ1) is 20.4. The predicted octanol–water partition coefficient (Wildman–Crippen LogP) is 3.47. The van der Waals surface area contributed by atoms with Gasteiger partial charge in [0.25, 0.3) is 0 Å². The molecule has 1 aromatic carbocycles. The van der Waals surface area contributed by atoms with Crippen molar-refractivity contribution in [2.75, 3.05) is 32.7 Å². The largest absolute Gasteiger partial charge is 0.303 e. The van der Waals surface area contributed by atoms with E-state index in [2.05, 4.69) is 4.90 Å². The fourth-order valence-electron chi connectivity index (χ4n) is 2.32. The lowest BCUT2D eigenvalue weighted by atomic mass is 10.2. The Hall–Kier alpha value is -0.690. The first-order valence-electron chi connectivity index (χ1n) is 7.89. The van der Waals surface area contributed by atoms with Crippen LogP contribution in [-0.4, -0.2) is 50.3 Å². The van der Waals surface area contributed by atoms with Gasteiger partial charge in [-0.2, -0.15) is 4.31 Å². The smallest absolute Gasteiger partial charge is 0.244 e. The van der Waals surface area contributed by atoms with E-state index >= 15 is 0 Å². The Balaban J connectivity index is 3.10. The van der Waals surface area contributed by atoms with Crippen LogP contribution in [0.1, 0.15) is 27.7 Å². The molecule has 0 aliphatic carbocycles. The van der Waals surface area contributed by atoms with Gasteiger partial charge < -0.3 is 4.90 Å². The third-order valence-electron chi connectivity index (χ3n) is 3.64. The van der Waals surface area contributed by atoms with Crippen LogP contribution in [0.5, 0.6) is 0 Å². The predicted molar refractivity (Wildman–Crippen MR) is 92.8 cm³/mol. The molecule has 132 valence electrons. The van der Waals surface area contributed by atoms with Crippen molar-refractivity contribution in [1.82, 2.24) is 9.21 Å². The Labute approximate surface area is 144 Å². The van der Waals surface area contributed by atoms with Crippen LogP contribution in [0.2, 0.25) is 5.02 Å². The van der Waals surface area contributed by atoms with Crippen molar-refractivity contribution < 1.29 is 12.8 Å². The van der Waals surface area contributed by atoms with Crippen LogP contribution in [0.4, 0.5) is 4.39 Å². The van der Waals surface area contributed by atoms with E-state index in [1.54, 1.807) is 0 Å². The fraction of sp³-hybridized carbons (Fsp3) is 0.625. The lowest BCUT2D eigenvalue weighted by molar-refractivity contribution is 0.262. The average molecular weight is 365 g/mol. The molecular weight excluding hydrogens is 339 g/mol. The highest BCUT2D eigenvalue weighted by Gasteiger charge is 2.28. The number of nitrogens with zero attached hydrogens (tertiary/aromatic N) is 2. The molecule has 0 aliphatic heterocycles. The van der Waals surface area contributed by atoms with Gasteiger partial charge in [-0.1, -0.05) is 39.3 Å². The standard InChI is InChI=1S/C16H26ClFN2O2S/c1-5-19(6-2)9-10-20(12-13(3)4)23(21,22)16-11-14(18)7-8-15(16)17/h7-8,11,13H,5-6,9-10,12H2,1-4H3. The Morgan fingerprint density at radius 1 is 1.17 bits per heavy atom. The quantitative estimate of drug-likeness (QED) is 0.673. The lowest BCUT2D eigenvalue weighted by Gasteiger charge is -2.27. The van der Waals surface area contributed by atoms with E-state index in [1.807, 2.05) is 27.7 Å². The summed E-state index contributed by atoms with van der Waals surface area (Å²) in [6, 6.07) is 3.42. The number of likely N-dealkylation sites (N-methyl/N-ethyl adjacent to an activating group) is 1. The summed E-state index contributed by atoms with van der Waals surface area (Å²) in [7, 11) is -3.83. The second-order valence-electron chi connectivity index (χ2n) is 5.86. The van der Waals surface area contributed by atoms with Crippen LogP contribution in [0.15, 0.2) is 23.1 Å². The van der Waals surface area contributed by atoms with Gasteiger partial charge >= 0.3 is 0 Å². The number of sulfonamides is 1. The minimum Gasteiger partial charge on any atom is -0.303 e. The van der Waals surface area contributed by atoms with Crippen LogP contribution < -0.4 is 0 Å². The molecule has 0 radical (unpaired) electrons. The number of hydrogen-bond acceptors (Lipinski definition) is 3. The zero-order valence-electron chi connectivity index (χ0n) is 14.2. The van der Waals surface area contributed by atoms with Crippen molar-refractivity contribution in [3.05, 3.63) is 29.0 Å². The molecule has 0 spiro atoms. The molecule has 1 aromatic rings. The summed E-state index contributed by atoms with van der Waals surface area (Å²) in [5, 5.41) is 0.0444. The number of halogens is 2. The number of rotatable bonds is 9. The highest BCUT2D eigenvalue weighted by Crippen LogP contribution is 2.26. The summed E-state index contributed by atoms with van der Waals surface area (Å²) in [6.07, 6.45) is 0. The van der Waals surface area contributed by atoms with Gasteiger partial charge in [0.1, 0.15) is 10.7 Å². The molecule has 0 bridgehead atoms. The van der Waals surface area contributed by atoms with Gasteiger partial charge in [-0.15, -0.1) is 0 Å². The molecule has 0 saturated carbocycles. The van der Waals surface area contributed by atoms with E-state index in [4.69, 9.17) is 11.6 Å². The molecule has 0 unspecified atom stereocenters. The number of hydrogen-bond donors (Lipinski definition) is 0. The van der Waals surface area contributed by atoms with Gasteiger partial charge in [-0.3, -0.25) is 0 Å². The van der Waals surface area contributed by atoms with Crippen LogP contribution in [0, 0.1) is 11.7 Å². The zero-order chi connectivity index (χ0) is 17.6. The summed E-state index contributed by atoms with van der Waals surface area (Å²) in [4.78, 5) is 1.98. The van der Waals surface area contributed by atoms with Gasteiger partial charge in [-0.05, 0) is 37.2 Å². The number of benzene rings is 1. The molecule has 23 heavy (non-hydrogen) atoms. The topological polar surface area (TPSA) is 40.6 Å². The molecule has 1 rings (SSSR count). The van der Waals surface area contributed by atoms with Crippen LogP contribution in [0.25, 0.3) is 0 Å². The summed E-state index contributed by atoms with van der Waals surface area (Å²) in [5.74, 6) is -0.449. The second kappa shape index (κ2) is 8.97. The molecule has 0 atom stereocenters. The van der Waals surface area contributed by atoms with Crippen molar-refractivity contribution in [3.63, 3.8) is 0 Å². The normalized spacial score (nSPS) is 12.6. The minimum atomic E-state index is -3.83. The molecule has 0 N–H and O–H groups in total. The third kappa shape index (κ3) is 5.71. The molecule has 0 fully saturated rings. The van der Waals surface area contributed by atoms with Crippen LogP contribution in [-0.2, 0) is 10.0 Å². The highest BCUT2D eigenvalue weighted by molar-refractivity contribution is 7.89. The average Bonchev–Trinajstić information content (AvgIpc) is 2.48. The molecule has 7 heteroatoms. The van der Waals surface area contributed by atoms with Crippen molar-refractivity contribution in [2.24, 2.45) is 5.92 Å². The second-order valence-corrected chi connectivity index (χ2v) is 8.17. The molecule has 0 amide bonds. The minimum absolute atomic E-state index is 0.0444. The summed E-state index contributed by atoms with van der Waals surface area (Å²) < 4.78 is 40.6. The Morgan fingerprint density at radius 3 is 2.30 bits per heavy atom. The molecule has 0 aromatic heterocycles. The van der Waals surface area contributed by atoms with Gasteiger partial charge in [0.15, 0.2) is 0 Å². The maximum atomic E-state index is 13.5. The third-order valence-corrected chi connectivity index (χ3v) is 5.99. The lowest BCUT2D eigenvalue weighted by Crippen LogP contribution is -2.40. The van der Waals surface area contributed by atoms with Crippen LogP contribution in [0.3, 0.4) is 0 Å². The summed E-state index contributed by atoms with van der Waals surface area (Å²) in [5.41, 5.74) is 0. The van der Waals surface area contributed by atoms with Gasteiger partial charge in [0.05, 0.1) is 5.02 Å². The van der Waals surface area contributed by atoms with E-state index in [1.165, 1.54) is 10.4 Å². The van der Waals surface area contributed by atoms with E-state index in [-0.39, 0.29) is 15.8 Å². The monoisotopic (exact) mass is 364 g/mol. The Kier molecular flexibility index (Phi) is 7.94. The molecule has 0 saturated heterocycles. The first-order valence-corrected chi connectivity index (χ1v) is 9.71. The molecule has 0 aliphatic rings. The Bertz CT molecular complexity index is 604. The SMILES string of the molecule is CCN(CC)CCN(CC(C)C)S(=O)(=O)c1cc(F)ccc1Cl. The van der Waals surface area contributed by atoms with Crippen LogP contribution >= 0.6 is 11.6 Å². The maximum absolute atomic E-state index is 13.5. The van der Waals surface area contributed by atoms with Gasteiger partial charge in [0, 0.05) is 19.6 Å².